The summed E-state index contributed by atoms with van der Waals surface area (Å²) in [5.41, 5.74) is 18.8. The maximum atomic E-state index is 3.62. The molecular formula is C36H42Si4. The average molecular weight is 587 g/mol. The maximum absolute atomic E-state index is 3.62. The molecule has 0 aromatic heterocycles. The molecule has 0 bridgehead atoms. The number of hydrogen-bond donors (Lipinski definition) is 0. The molecular weight excluding hydrogens is 545 g/mol. The van der Waals surface area contributed by atoms with Crippen molar-refractivity contribution in [1.29, 1.82) is 0 Å². The van der Waals surface area contributed by atoms with Gasteiger partial charge in [0.05, 0.1) is 0 Å². The van der Waals surface area contributed by atoms with Crippen molar-refractivity contribution in [3.05, 3.63) is 58.7 Å². The molecule has 4 aromatic carbocycles. The maximum Gasteiger partial charge on any atom is 0.129 e. The Hall–Kier alpha value is -2.97. The summed E-state index contributed by atoms with van der Waals surface area (Å²) in [7, 11) is -6.26. The number of rotatable bonds is 0. The highest BCUT2D eigenvalue weighted by atomic mass is 28.3. The number of hydrogen-bond acceptors (Lipinski definition) is 0. The van der Waals surface area contributed by atoms with Crippen LogP contribution < -0.4 is 0 Å². The lowest BCUT2D eigenvalue weighted by Gasteiger charge is -2.17. The van der Waals surface area contributed by atoms with Gasteiger partial charge in [-0.25, -0.2) is 0 Å². The van der Waals surface area contributed by atoms with Crippen molar-refractivity contribution in [3.8, 4) is 45.9 Å². The van der Waals surface area contributed by atoms with Gasteiger partial charge in [0.15, 0.2) is 0 Å². The Morgan fingerprint density at radius 3 is 0.725 bits per heavy atom. The van der Waals surface area contributed by atoms with Gasteiger partial charge in [-0.1, -0.05) is 127 Å². The van der Waals surface area contributed by atoms with Gasteiger partial charge < -0.3 is 0 Å². The summed E-state index contributed by atoms with van der Waals surface area (Å²) in [6.45, 7) is 27.6. The van der Waals surface area contributed by atoms with Crippen LogP contribution in [0.15, 0.2) is 36.4 Å². The monoisotopic (exact) mass is 586 g/mol. The minimum absolute atomic E-state index is 1.08. The molecule has 0 nitrogen and oxygen atoms in total. The molecule has 0 unspecified atom stereocenters. The fraction of sp³-hybridized carbons (Fsp3) is 0.333. The van der Waals surface area contributed by atoms with Gasteiger partial charge in [-0.05, 0) is 44.5 Å². The molecule has 4 heteroatoms. The van der Waals surface area contributed by atoms with Crippen LogP contribution in [0.1, 0.15) is 22.3 Å². The summed E-state index contributed by atoms with van der Waals surface area (Å²) in [5.74, 6) is 14.4. The summed E-state index contributed by atoms with van der Waals surface area (Å²) in [5, 5.41) is 7.33. The van der Waals surface area contributed by atoms with E-state index in [9.17, 15) is 0 Å². The molecule has 0 spiro atoms. The highest BCUT2D eigenvalue weighted by molar-refractivity contribution is 6.85. The Kier molecular flexibility index (Phi) is 7.84. The Labute approximate surface area is 246 Å². The minimum atomic E-state index is -1.57. The molecule has 202 valence electrons. The first kappa shape index (κ1) is 30.0. The topological polar surface area (TPSA) is 0 Å². The summed E-state index contributed by atoms with van der Waals surface area (Å²) >= 11 is 0. The minimum Gasteiger partial charge on any atom is -0.127 e. The summed E-state index contributed by atoms with van der Waals surface area (Å²) in [4.78, 5) is 0. The normalized spacial score (nSPS) is 12.2. The standard InChI is InChI=1S/C36H42Si4/c1-37(2,3)21-17-27-25-28(18-22-38(4,5)6)32-15-16-34-30(20-24-40(10,11)12)26-29(19-23-39(7,8)9)33-14-13-31(27)35(32)36(33)34/h13-16,25-26H,1-12H3. The summed E-state index contributed by atoms with van der Waals surface area (Å²) in [6, 6.07) is 13.5. The van der Waals surface area contributed by atoms with Gasteiger partial charge in [0.25, 0.3) is 0 Å². The van der Waals surface area contributed by atoms with E-state index in [1.165, 1.54) is 32.3 Å². The first-order valence-corrected chi connectivity index (χ1v) is 28.2. The lowest BCUT2D eigenvalue weighted by molar-refractivity contribution is 1.66. The van der Waals surface area contributed by atoms with Gasteiger partial charge >= 0.3 is 0 Å². The highest BCUT2D eigenvalue weighted by Gasteiger charge is 2.19. The van der Waals surface area contributed by atoms with Crippen LogP contribution >= 0.6 is 0 Å². The smallest absolute Gasteiger partial charge is 0.127 e. The molecule has 0 N–H and O–H groups in total. The molecule has 0 aliphatic rings. The van der Waals surface area contributed by atoms with Crippen molar-refractivity contribution >= 4 is 64.6 Å². The zero-order valence-corrected chi connectivity index (χ0v) is 30.5. The first-order chi connectivity index (χ1) is 18.3. The fourth-order valence-electron chi connectivity index (χ4n) is 4.43. The van der Waals surface area contributed by atoms with Crippen LogP contribution in [0.2, 0.25) is 78.6 Å². The van der Waals surface area contributed by atoms with E-state index in [1.807, 2.05) is 0 Å². The van der Waals surface area contributed by atoms with Crippen LogP contribution in [0.5, 0.6) is 0 Å². The average Bonchev–Trinajstić information content (AvgIpc) is 2.81. The molecule has 0 atom stereocenters. The molecule has 0 saturated heterocycles. The van der Waals surface area contributed by atoms with E-state index in [1.54, 1.807) is 0 Å². The van der Waals surface area contributed by atoms with Gasteiger partial charge in [0.1, 0.15) is 32.3 Å². The zero-order valence-electron chi connectivity index (χ0n) is 26.5. The molecule has 0 saturated carbocycles. The molecule has 0 aliphatic carbocycles. The predicted octanol–water partition coefficient (Wildman–Crippen LogP) is 9.50. The van der Waals surface area contributed by atoms with Crippen LogP contribution in [0.3, 0.4) is 0 Å². The van der Waals surface area contributed by atoms with E-state index in [2.05, 4.69) is 161 Å². The predicted molar refractivity (Wildman–Crippen MR) is 191 cm³/mol. The molecule has 0 amide bonds. The molecule has 0 aliphatic heterocycles. The second-order valence-corrected chi connectivity index (χ2v) is 34.0. The van der Waals surface area contributed by atoms with E-state index in [-0.39, 0.29) is 0 Å². The van der Waals surface area contributed by atoms with Crippen LogP contribution in [0.4, 0.5) is 0 Å². The van der Waals surface area contributed by atoms with Crippen molar-refractivity contribution in [2.45, 2.75) is 78.6 Å². The van der Waals surface area contributed by atoms with E-state index in [0.717, 1.165) is 22.3 Å². The van der Waals surface area contributed by atoms with Crippen LogP contribution in [-0.4, -0.2) is 32.3 Å². The van der Waals surface area contributed by atoms with Crippen LogP contribution in [0, 0.1) is 45.9 Å². The summed E-state index contributed by atoms with van der Waals surface area (Å²) < 4.78 is 0. The van der Waals surface area contributed by atoms with Crippen LogP contribution in [-0.2, 0) is 0 Å². The van der Waals surface area contributed by atoms with Crippen molar-refractivity contribution in [3.63, 3.8) is 0 Å². The highest BCUT2D eigenvalue weighted by Crippen LogP contribution is 2.40. The second kappa shape index (κ2) is 10.5. The Bertz CT molecular complexity index is 1610. The number of benzene rings is 4. The van der Waals surface area contributed by atoms with E-state index >= 15 is 0 Å². The first-order valence-electron chi connectivity index (χ1n) is 14.2. The van der Waals surface area contributed by atoms with Gasteiger partial charge in [-0.15, -0.1) is 22.2 Å². The van der Waals surface area contributed by atoms with Crippen LogP contribution in [0.25, 0.3) is 32.3 Å². The molecule has 0 fully saturated rings. The van der Waals surface area contributed by atoms with Crippen molar-refractivity contribution < 1.29 is 0 Å². The zero-order chi connectivity index (χ0) is 29.7. The van der Waals surface area contributed by atoms with E-state index in [0.29, 0.717) is 0 Å². The SMILES string of the molecule is C[Si](C)(C)C#Cc1cc(C#C[Si](C)(C)C)c2ccc3c(C#C[Si](C)(C)C)cc(C#C[Si](C)(C)C)c4ccc1c2c43. The van der Waals surface area contributed by atoms with Gasteiger partial charge in [-0.2, -0.15) is 0 Å². The van der Waals surface area contributed by atoms with E-state index in [4.69, 9.17) is 0 Å². The van der Waals surface area contributed by atoms with Crippen molar-refractivity contribution in [1.82, 2.24) is 0 Å². The third-order valence-electron chi connectivity index (χ3n) is 6.19. The molecule has 0 radical (unpaired) electrons. The quantitative estimate of drug-likeness (QED) is 0.109. The lowest BCUT2D eigenvalue weighted by atomic mass is 9.86. The lowest BCUT2D eigenvalue weighted by Crippen LogP contribution is -2.16. The third kappa shape index (κ3) is 7.20. The molecule has 4 rings (SSSR count). The molecule has 40 heavy (non-hydrogen) atoms. The Balaban J connectivity index is 2.25. The van der Waals surface area contributed by atoms with Gasteiger partial charge in [0, 0.05) is 22.3 Å². The van der Waals surface area contributed by atoms with Crippen molar-refractivity contribution in [2.24, 2.45) is 0 Å². The van der Waals surface area contributed by atoms with Gasteiger partial charge in [0.2, 0.25) is 0 Å². The Morgan fingerprint density at radius 2 is 0.550 bits per heavy atom. The largest absolute Gasteiger partial charge is 0.129 e. The third-order valence-corrected chi connectivity index (χ3v) is 9.69. The van der Waals surface area contributed by atoms with Gasteiger partial charge in [-0.3, -0.25) is 0 Å². The molecule has 0 heterocycles. The second-order valence-electron chi connectivity index (χ2n) is 15.0. The summed E-state index contributed by atoms with van der Waals surface area (Å²) in [6.07, 6.45) is 0. The Morgan fingerprint density at radius 1 is 0.350 bits per heavy atom. The molecule has 4 aromatic rings. The fourth-order valence-corrected chi connectivity index (χ4v) is 6.46. The van der Waals surface area contributed by atoms with Crippen molar-refractivity contribution in [2.75, 3.05) is 0 Å². The van der Waals surface area contributed by atoms with E-state index < -0.39 is 32.3 Å².